The zero-order valence-corrected chi connectivity index (χ0v) is 10.1. The Balaban J connectivity index is 2.52. The van der Waals surface area contributed by atoms with Gasteiger partial charge in [0.1, 0.15) is 5.71 Å². The number of nitrogens with zero attached hydrogens (tertiary/aromatic N) is 1. The third kappa shape index (κ3) is 4.88. The molecule has 0 bridgehead atoms. The second-order valence-electron chi connectivity index (χ2n) is 3.34. The Bertz CT molecular complexity index is 382. The molecule has 0 spiro atoms. The van der Waals surface area contributed by atoms with Crippen LogP contribution in [0.3, 0.4) is 0 Å². The molecule has 0 aromatic heterocycles. The summed E-state index contributed by atoms with van der Waals surface area (Å²) in [6.07, 6.45) is 0.305. The van der Waals surface area contributed by atoms with Crippen molar-refractivity contribution >= 4 is 23.6 Å². The van der Waals surface area contributed by atoms with E-state index in [9.17, 15) is 4.79 Å². The molecule has 1 amide bonds. The van der Waals surface area contributed by atoms with Crippen molar-refractivity contribution in [2.45, 2.75) is 6.42 Å². The maximum atomic E-state index is 11.6. The fraction of sp³-hybridized carbons (Fsp3) is 0.273. The summed E-state index contributed by atoms with van der Waals surface area (Å²) >= 11 is 1.15. The number of oxime groups is 1. The van der Waals surface area contributed by atoms with Gasteiger partial charge in [0.2, 0.25) is 0 Å². The standard InChI is InChI=1S/C11H15N3O2S/c12-17-7-6-13-11(15)10(14-16)8-9-4-2-1-3-5-9/h1-5,16H,6-8,12H2,(H,13,15)/b14-10+. The quantitative estimate of drug-likeness (QED) is 0.230. The highest BCUT2D eigenvalue weighted by Gasteiger charge is 2.12. The first-order chi connectivity index (χ1) is 8.27. The van der Waals surface area contributed by atoms with E-state index in [-0.39, 0.29) is 11.6 Å². The van der Waals surface area contributed by atoms with Crippen molar-refractivity contribution in [1.82, 2.24) is 5.32 Å². The number of benzene rings is 1. The largest absolute Gasteiger partial charge is 0.410 e. The van der Waals surface area contributed by atoms with Crippen LogP contribution in [0, 0.1) is 0 Å². The van der Waals surface area contributed by atoms with Gasteiger partial charge < -0.3 is 10.5 Å². The van der Waals surface area contributed by atoms with E-state index in [4.69, 9.17) is 10.3 Å². The van der Waals surface area contributed by atoms with Gasteiger partial charge in [-0.3, -0.25) is 9.93 Å². The Morgan fingerprint density at radius 2 is 2.12 bits per heavy atom. The molecule has 1 aromatic rings. The van der Waals surface area contributed by atoms with Gasteiger partial charge in [-0.1, -0.05) is 47.4 Å². The van der Waals surface area contributed by atoms with Crippen molar-refractivity contribution in [3.63, 3.8) is 0 Å². The van der Waals surface area contributed by atoms with E-state index in [1.54, 1.807) is 0 Å². The van der Waals surface area contributed by atoms with Crippen molar-refractivity contribution in [3.05, 3.63) is 35.9 Å². The number of rotatable bonds is 6. The van der Waals surface area contributed by atoms with E-state index < -0.39 is 0 Å². The van der Waals surface area contributed by atoms with Crippen LogP contribution < -0.4 is 10.5 Å². The Hall–Kier alpha value is -1.53. The summed E-state index contributed by atoms with van der Waals surface area (Å²) < 4.78 is 0. The summed E-state index contributed by atoms with van der Waals surface area (Å²) in [5, 5.41) is 19.7. The second-order valence-corrected chi connectivity index (χ2v) is 4.08. The molecule has 0 aliphatic heterocycles. The summed E-state index contributed by atoms with van der Waals surface area (Å²) in [6, 6.07) is 9.36. The van der Waals surface area contributed by atoms with E-state index in [0.29, 0.717) is 18.7 Å². The lowest BCUT2D eigenvalue weighted by atomic mass is 10.1. The van der Waals surface area contributed by atoms with Crippen LogP contribution >= 0.6 is 11.9 Å². The zero-order valence-electron chi connectivity index (χ0n) is 9.30. The van der Waals surface area contributed by atoms with E-state index in [1.165, 1.54) is 0 Å². The van der Waals surface area contributed by atoms with Crippen LogP contribution in [-0.4, -0.2) is 29.1 Å². The summed E-state index contributed by atoms with van der Waals surface area (Å²) in [7, 11) is 0. The highest BCUT2D eigenvalue weighted by Crippen LogP contribution is 2.01. The third-order valence-electron chi connectivity index (χ3n) is 2.10. The van der Waals surface area contributed by atoms with E-state index in [2.05, 4.69) is 10.5 Å². The number of nitrogens with two attached hydrogens (primary N) is 1. The van der Waals surface area contributed by atoms with Gasteiger partial charge in [0.25, 0.3) is 5.91 Å². The molecule has 5 nitrogen and oxygen atoms in total. The van der Waals surface area contributed by atoms with Crippen molar-refractivity contribution in [1.29, 1.82) is 0 Å². The fourth-order valence-corrected chi connectivity index (χ4v) is 1.50. The lowest BCUT2D eigenvalue weighted by molar-refractivity contribution is -0.114. The Morgan fingerprint density at radius 3 is 2.71 bits per heavy atom. The minimum absolute atomic E-state index is 0.0956. The van der Waals surface area contributed by atoms with Crippen molar-refractivity contribution in [2.24, 2.45) is 10.3 Å². The normalized spacial score (nSPS) is 11.2. The predicted octanol–water partition coefficient (Wildman–Crippen LogP) is 0.782. The molecule has 4 N–H and O–H groups in total. The average Bonchev–Trinajstić information content (AvgIpc) is 2.37. The van der Waals surface area contributed by atoms with Crippen LogP contribution in [0.4, 0.5) is 0 Å². The van der Waals surface area contributed by atoms with Gasteiger partial charge >= 0.3 is 0 Å². The first-order valence-electron chi connectivity index (χ1n) is 5.12. The van der Waals surface area contributed by atoms with Gasteiger partial charge in [-0.25, -0.2) is 0 Å². The highest BCUT2D eigenvalue weighted by molar-refractivity contribution is 7.97. The highest BCUT2D eigenvalue weighted by atomic mass is 32.2. The fourth-order valence-electron chi connectivity index (χ4n) is 1.28. The average molecular weight is 253 g/mol. The molecule has 0 heterocycles. The molecule has 0 unspecified atom stereocenters. The zero-order chi connectivity index (χ0) is 12.5. The molecule has 0 saturated heterocycles. The third-order valence-corrected chi connectivity index (χ3v) is 2.54. The molecule has 0 fully saturated rings. The Morgan fingerprint density at radius 1 is 1.41 bits per heavy atom. The first kappa shape index (κ1) is 13.5. The number of carbonyl (C=O) groups is 1. The minimum atomic E-state index is -0.370. The summed E-state index contributed by atoms with van der Waals surface area (Å²) in [5.74, 6) is 0.251. The molecular formula is C11H15N3O2S. The monoisotopic (exact) mass is 253 g/mol. The maximum absolute atomic E-state index is 11.6. The molecule has 0 atom stereocenters. The second kappa shape index (κ2) is 7.70. The van der Waals surface area contributed by atoms with Gasteiger partial charge in [0, 0.05) is 18.7 Å². The minimum Gasteiger partial charge on any atom is -0.410 e. The molecule has 17 heavy (non-hydrogen) atoms. The Labute approximate surface area is 104 Å². The lowest BCUT2D eigenvalue weighted by Crippen LogP contribution is -2.34. The van der Waals surface area contributed by atoms with Crippen LogP contribution in [0.25, 0.3) is 0 Å². The van der Waals surface area contributed by atoms with Crippen LogP contribution in [0.15, 0.2) is 35.5 Å². The molecule has 0 aliphatic rings. The summed E-state index contributed by atoms with van der Waals surface area (Å²) in [5.41, 5.74) is 1.02. The molecule has 1 aromatic carbocycles. The number of hydrogen-bond donors (Lipinski definition) is 3. The molecule has 0 saturated carbocycles. The number of nitrogens with one attached hydrogen (secondary N) is 1. The molecule has 0 aliphatic carbocycles. The van der Waals surface area contributed by atoms with Crippen molar-refractivity contribution < 1.29 is 10.0 Å². The summed E-state index contributed by atoms with van der Waals surface area (Å²) in [6.45, 7) is 0.452. The first-order valence-corrected chi connectivity index (χ1v) is 6.17. The molecule has 92 valence electrons. The van der Waals surface area contributed by atoms with Gasteiger partial charge in [-0.05, 0) is 5.56 Å². The van der Waals surface area contributed by atoms with Gasteiger partial charge in [-0.15, -0.1) is 0 Å². The molecule has 0 radical (unpaired) electrons. The van der Waals surface area contributed by atoms with Crippen LogP contribution in [-0.2, 0) is 11.2 Å². The van der Waals surface area contributed by atoms with E-state index in [0.717, 1.165) is 17.5 Å². The molecule has 6 heteroatoms. The van der Waals surface area contributed by atoms with Gasteiger partial charge in [0.15, 0.2) is 0 Å². The van der Waals surface area contributed by atoms with E-state index >= 15 is 0 Å². The molecule has 1 rings (SSSR count). The van der Waals surface area contributed by atoms with Crippen LogP contribution in [0.5, 0.6) is 0 Å². The lowest BCUT2D eigenvalue weighted by Gasteiger charge is -2.05. The number of amides is 1. The smallest absolute Gasteiger partial charge is 0.269 e. The van der Waals surface area contributed by atoms with Gasteiger partial charge in [0.05, 0.1) is 0 Å². The van der Waals surface area contributed by atoms with Crippen LogP contribution in [0.2, 0.25) is 0 Å². The van der Waals surface area contributed by atoms with Crippen LogP contribution in [0.1, 0.15) is 5.56 Å². The number of hydrogen-bond acceptors (Lipinski definition) is 5. The van der Waals surface area contributed by atoms with E-state index in [1.807, 2.05) is 30.3 Å². The summed E-state index contributed by atoms with van der Waals surface area (Å²) in [4.78, 5) is 11.6. The maximum Gasteiger partial charge on any atom is 0.269 e. The number of carbonyl (C=O) groups excluding carboxylic acids is 1. The predicted molar refractivity (Wildman–Crippen MR) is 69.0 cm³/mol. The molecular weight excluding hydrogens is 238 g/mol. The Kier molecular flexibility index (Phi) is 6.13. The van der Waals surface area contributed by atoms with Crippen molar-refractivity contribution in [2.75, 3.05) is 12.3 Å². The SMILES string of the molecule is NSCCNC(=O)/C(Cc1ccccc1)=N/O. The topological polar surface area (TPSA) is 87.7 Å². The van der Waals surface area contributed by atoms with Crippen molar-refractivity contribution in [3.8, 4) is 0 Å². The van der Waals surface area contributed by atoms with Gasteiger partial charge in [-0.2, -0.15) is 0 Å².